The molecule has 1 fully saturated rings. The van der Waals surface area contributed by atoms with Crippen LogP contribution in [0.1, 0.15) is 48.2 Å². The number of benzene rings is 1. The lowest BCUT2D eigenvalue weighted by atomic mass is 9.89. The van der Waals surface area contributed by atoms with E-state index in [1.807, 2.05) is 24.3 Å². The van der Waals surface area contributed by atoms with Gasteiger partial charge in [-0.2, -0.15) is 0 Å². The Bertz CT molecular complexity index is 1000. The van der Waals surface area contributed by atoms with Crippen molar-refractivity contribution in [1.82, 2.24) is 14.9 Å². The summed E-state index contributed by atoms with van der Waals surface area (Å²) in [6.07, 6.45) is 6.48. The number of methoxy groups -OCH3 is 1. The van der Waals surface area contributed by atoms with E-state index >= 15 is 0 Å². The maximum atomic E-state index is 12.9. The number of nitrogens with one attached hydrogen (secondary N) is 1. The third-order valence-corrected chi connectivity index (χ3v) is 7.05. The van der Waals surface area contributed by atoms with Gasteiger partial charge in [0.1, 0.15) is 5.01 Å². The first-order valence-corrected chi connectivity index (χ1v) is 12.0. The van der Waals surface area contributed by atoms with Gasteiger partial charge in [0, 0.05) is 36.8 Å². The number of hydrogen-bond acceptors (Lipinski definition) is 4. The van der Waals surface area contributed by atoms with Gasteiger partial charge in [0.25, 0.3) is 5.91 Å². The number of carbonyl (C=O) groups excluding carboxylic acids is 1. The van der Waals surface area contributed by atoms with Crippen LogP contribution in [0, 0.1) is 12.8 Å². The summed E-state index contributed by atoms with van der Waals surface area (Å²) < 4.78 is 7.40. The van der Waals surface area contributed by atoms with Crippen LogP contribution >= 0.6 is 11.3 Å². The zero-order valence-corrected chi connectivity index (χ0v) is 19.2. The molecule has 0 unspecified atom stereocenters. The molecule has 2 heterocycles. The smallest absolute Gasteiger partial charge is 0.253 e. The molecule has 3 aromatic rings. The molecular weight excluding hydrogens is 406 g/mol. The predicted octanol–water partition coefficient (Wildman–Crippen LogP) is 5.54. The molecule has 2 aromatic heterocycles. The highest BCUT2D eigenvalue weighted by molar-refractivity contribution is 7.13. The van der Waals surface area contributed by atoms with Crippen LogP contribution in [-0.4, -0.2) is 35.7 Å². The highest BCUT2D eigenvalue weighted by Crippen LogP contribution is 2.34. The van der Waals surface area contributed by atoms with Crippen molar-refractivity contribution in [3.63, 3.8) is 0 Å². The molecule has 1 aromatic carbocycles. The van der Waals surface area contributed by atoms with Gasteiger partial charge in [-0.3, -0.25) is 4.79 Å². The number of hydrogen-bond donors (Lipinski definition) is 1. The summed E-state index contributed by atoms with van der Waals surface area (Å²) in [6.45, 7) is 4.02. The normalized spacial score (nSPS) is 14.6. The van der Waals surface area contributed by atoms with E-state index in [1.165, 1.54) is 32.1 Å². The van der Waals surface area contributed by atoms with Crippen LogP contribution in [0.2, 0.25) is 0 Å². The summed E-state index contributed by atoms with van der Waals surface area (Å²) in [5.41, 5.74) is 4.86. The summed E-state index contributed by atoms with van der Waals surface area (Å²) in [4.78, 5) is 17.8. The van der Waals surface area contributed by atoms with Crippen molar-refractivity contribution < 1.29 is 9.53 Å². The summed E-state index contributed by atoms with van der Waals surface area (Å²) in [5, 5.41) is 6.09. The zero-order valence-electron chi connectivity index (χ0n) is 18.4. The highest BCUT2D eigenvalue weighted by atomic mass is 32.1. The Balaban J connectivity index is 1.67. The molecule has 0 aliphatic heterocycles. The fourth-order valence-corrected chi connectivity index (χ4v) is 5.24. The molecule has 0 spiro atoms. The van der Waals surface area contributed by atoms with Gasteiger partial charge in [0.2, 0.25) is 0 Å². The summed E-state index contributed by atoms with van der Waals surface area (Å²) in [5.74, 6) is 0.618. The number of aromatic nitrogens is 2. The molecule has 1 saturated carbocycles. The number of nitrogens with zero attached hydrogens (tertiary/aromatic N) is 2. The van der Waals surface area contributed by atoms with Crippen LogP contribution in [0.15, 0.2) is 41.8 Å². The van der Waals surface area contributed by atoms with Gasteiger partial charge in [0.15, 0.2) is 0 Å². The van der Waals surface area contributed by atoms with Crippen molar-refractivity contribution >= 4 is 17.2 Å². The lowest BCUT2D eigenvalue weighted by molar-refractivity contribution is 0.0936. The van der Waals surface area contributed by atoms with Crippen molar-refractivity contribution in [2.75, 3.05) is 20.3 Å². The molecular formula is C25H31N3O2S. The molecule has 31 heavy (non-hydrogen) atoms. The monoisotopic (exact) mass is 437 g/mol. The Morgan fingerprint density at radius 1 is 1.23 bits per heavy atom. The first kappa shape index (κ1) is 21.8. The Kier molecular flexibility index (Phi) is 7.20. The molecule has 1 amide bonds. The Hall–Kier alpha value is -2.44. The minimum atomic E-state index is -0.0447. The van der Waals surface area contributed by atoms with Crippen molar-refractivity contribution in [2.45, 2.75) is 45.6 Å². The topological polar surface area (TPSA) is 56.1 Å². The molecule has 1 aliphatic carbocycles. The van der Waals surface area contributed by atoms with Gasteiger partial charge >= 0.3 is 0 Å². The molecule has 0 atom stereocenters. The predicted molar refractivity (Wildman–Crippen MR) is 126 cm³/mol. The maximum Gasteiger partial charge on any atom is 0.253 e. The fourth-order valence-electron chi connectivity index (χ4n) is 4.42. The van der Waals surface area contributed by atoms with Crippen LogP contribution in [0.4, 0.5) is 0 Å². The molecule has 6 heteroatoms. The second kappa shape index (κ2) is 10.2. The van der Waals surface area contributed by atoms with Crippen LogP contribution < -0.4 is 5.32 Å². The van der Waals surface area contributed by atoms with E-state index in [1.54, 1.807) is 18.4 Å². The Labute approximate surface area is 188 Å². The van der Waals surface area contributed by atoms with E-state index in [4.69, 9.17) is 9.72 Å². The number of rotatable bonds is 8. The van der Waals surface area contributed by atoms with Gasteiger partial charge in [0.05, 0.1) is 23.6 Å². The number of thiazole rings is 1. The number of amides is 1. The van der Waals surface area contributed by atoms with Crippen LogP contribution in [-0.2, 0) is 11.3 Å². The van der Waals surface area contributed by atoms with Crippen molar-refractivity contribution in [1.29, 1.82) is 0 Å². The van der Waals surface area contributed by atoms with E-state index in [9.17, 15) is 4.79 Å². The van der Waals surface area contributed by atoms with Gasteiger partial charge in [-0.1, -0.05) is 49.6 Å². The minimum Gasteiger partial charge on any atom is -0.383 e. The van der Waals surface area contributed by atoms with Gasteiger partial charge in [-0.25, -0.2) is 4.98 Å². The summed E-state index contributed by atoms with van der Waals surface area (Å²) in [7, 11) is 1.64. The lowest BCUT2D eigenvalue weighted by Crippen LogP contribution is -2.27. The van der Waals surface area contributed by atoms with E-state index in [0.29, 0.717) is 19.1 Å². The second-order valence-electron chi connectivity index (χ2n) is 8.30. The standard InChI is InChI=1S/C25H31N3O2S/c1-18-21(24(29)26-13-14-30-2)15-23(28(18)16-19-9-5-3-6-10-19)22-17-31-25(27-22)20-11-7-4-8-12-20/h4,7-8,11-12,15,17,19H,3,5-6,9-10,13-14,16H2,1-2H3,(H,26,29). The minimum absolute atomic E-state index is 0.0447. The van der Waals surface area contributed by atoms with E-state index in [0.717, 1.165) is 39.8 Å². The SMILES string of the molecule is COCCNC(=O)c1cc(-c2csc(-c3ccccc3)n2)n(CC2CCCCC2)c1C. The lowest BCUT2D eigenvalue weighted by Gasteiger charge is -2.24. The molecule has 1 aliphatic rings. The van der Waals surface area contributed by atoms with E-state index in [-0.39, 0.29) is 5.91 Å². The second-order valence-corrected chi connectivity index (χ2v) is 9.15. The van der Waals surface area contributed by atoms with E-state index in [2.05, 4.69) is 34.3 Å². The average Bonchev–Trinajstić information content (AvgIpc) is 3.41. The molecule has 5 nitrogen and oxygen atoms in total. The van der Waals surface area contributed by atoms with Crippen molar-refractivity contribution in [3.05, 3.63) is 53.0 Å². The molecule has 0 saturated heterocycles. The summed E-state index contributed by atoms with van der Waals surface area (Å²) >= 11 is 1.65. The van der Waals surface area contributed by atoms with Crippen LogP contribution in [0.5, 0.6) is 0 Å². The Morgan fingerprint density at radius 2 is 2.00 bits per heavy atom. The first-order valence-electron chi connectivity index (χ1n) is 11.2. The maximum absolute atomic E-state index is 12.9. The largest absolute Gasteiger partial charge is 0.383 e. The van der Waals surface area contributed by atoms with Crippen molar-refractivity contribution in [3.8, 4) is 22.0 Å². The summed E-state index contributed by atoms with van der Waals surface area (Å²) in [6, 6.07) is 12.3. The molecule has 0 radical (unpaired) electrons. The third-order valence-electron chi connectivity index (χ3n) is 6.16. The third kappa shape index (κ3) is 5.08. The quantitative estimate of drug-likeness (QED) is 0.471. The first-order chi connectivity index (χ1) is 15.2. The van der Waals surface area contributed by atoms with Gasteiger partial charge < -0.3 is 14.6 Å². The van der Waals surface area contributed by atoms with Crippen LogP contribution in [0.3, 0.4) is 0 Å². The van der Waals surface area contributed by atoms with Gasteiger partial charge in [-0.05, 0) is 31.7 Å². The van der Waals surface area contributed by atoms with Gasteiger partial charge in [-0.15, -0.1) is 11.3 Å². The van der Waals surface area contributed by atoms with Crippen molar-refractivity contribution in [2.24, 2.45) is 5.92 Å². The molecule has 4 rings (SSSR count). The number of ether oxygens (including phenoxy) is 1. The zero-order chi connectivity index (χ0) is 21.6. The average molecular weight is 438 g/mol. The molecule has 1 N–H and O–H groups in total. The van der Waals surface area contributed by atoms with E-state index < -0.39 is 0 Å². The molecule has 164 valence electrons. The number of carbonyl (C=O) groups is 1. The fraction of sp³-hybridized carbons (Fsp3) is 0.440. The highest BCUT2D eigenvalue weighted by Gasteiger charge is 2.23. The van der Waals surface area contributed by atoms with Crippen LogP contribution in [0.25, 0.3) is 22.0 Å². The molecule has 0 bridgehead atoms. The Morgan fingerprint density at radius 3 is 2.74 bits per heavy atom.